The number of nitrogens with zero attached hydrogens (tertiary/aromatic N) is 1. The fraction of sp³-hybridized carbons (Fsp3) is 0.118. The number of carbonyl (C=O) groups is 3. The van der Waals surface area contributed by atoms with Gasteiger partial charge in [0.15, 0.2) is 0 Å². The monoisotopic (exact) mass is 422 g/mol. The Morgan fingerprint density at radius 3 is 2.34 bits per heavy atom. The molecule has 0 aliphatic carbocycles. The van der Waals surface area contributed by atoms with Gasteiger partial charge in [-0.15, -0.1) is 0 Å². The van der Waals surface area contributed by atoms with Crippen LogP contribution in [0.1, 0.15) is 10.4 Å². The Morgan fingerprint density at radius 2 is 1.72 bits per heavy atom. The number of non-ortho nitro benzene ring substituents is 1. The van der Waals surface area contributed by atoms with Gasteiger partial charge in [-0.2, -0.15) is 0 Å². The second-order valence-electron chi connectivity index (χ2n) is 5.35. The highest BCUT2D eigenvalue weighted by molar-refractivity contribution is 6.40. The van der Waals surface area contributed by atoms with E-state index in [1.807, 2.05) is 10.9 Å². The molecule has 0 aliphatic heterocycles. The summed E-state index contributed by atoms with van der Waals surface area (Å²) in [6, 6.07) is 7.78. The Bertz CT molecular complexity index is 980. The first-order chi connectivity index (χ1) is 13.8. The molecule has 0 saturated carbocycles. The van der Waals surface area contributed by atoms with E-state index in [-0.39, 0.29) is 27.7 Å². The number of nitrogens with one attached hydrogen (secondary N) is 3. The molecule has 29 heavy (non-hydrogen) atoms. The van der Waals surface area contributed by atoms with Gasteiger partial charge in [-0.25, -0.2) is 0 Å². The van der Waals surface area contributed by atoms with Crippen molar-refractivity contribution in [2.45, 2.75) is 0 Å². The minimum Gasteiger partial charge on any atom is -0.497 e. The summed E-state index contributed by atoms with van der Waals surface area (Å²) < 4.78 is 10.1. The van der Waals surface area contributed by atoms with Gasteiger partial charge in [0.25, 0.3) is 11.6 Å². The van der Waals surface area contributed by atoms with E-state index in [9.17, 15) is 24.5 Å². The first kappa shape index (κ1) is 21.4. The average molecular weight is 423 g/mol. The molecule has 0 atom stereocenters. The van der Waals surface area contributed by atoms with Crippen LogP contribution in [0.2, 0.25) is 5.02 Å². The van der Waals surface area contributed by atoms with Crippen molar-refractivity contribution in [2.24, 2.45) is 0 Å². The summed E-state index contributed by atoms with van der Waals surface area (Å²) in [5.74, 6) is -2.57. The first-order valence-corrected chi connectivity index (χ1v) is 8.22. The Kier molecular flexibility index (Phi) is 6.93. The Morgan fingerprint density at radius 1 is 1.00 bits per heavy atom. The van der Waals surface area contributed by atoms with Gasteiger partial charge in [-0.3, -0.25) is 35.3 Å². The molecule has 0 saturated heterocycles. The average Bonchev–Trinajstić information content (AvgIpc) is 2.71. The molecule has 12 heteroatoms. The number of carbonyl (C=O) groups excluding carboxylic acids is 3. The molecule has 2 aromatic rings. The smallest absolute Gasteiger partial charge is 0.328 e. The zero-order valence-corrected chi connectivity index (χ0v) is 15.9. The fourth-order valence-corrected chi connectivity index (χ4v) is 2.33. The van der Waals surface area contributed by atoms with Gasteiger partial charge in [0.2, 0.25) is 0 Å². The normalized spacial score (nSPS) is 9.90. The van der Waals surface area contributed by atoms with Gasteiger partial charge >= 0.3 is 11.8 Å². The summed E-state index contributed by atoms with van der Waals surface area (Å²) >= 11 is 5.84. The van der Waals surface area contributed by atoms with Gasteiger partial charge in [0.05, 0.1) is 35.4 Å². The molecule has 3 N–H and O–H groups in total. The lowest BCUT2D eigenvalue weighted by Crippen LogP contribution is -2.46. The van der Waals surface area contributed by atoms with Gasteiger partial charge < -0.3 is 14.8 Å². The molecular weight excluding hydrogens is 408 g/mol. The topological polar surface area (TPSA) is 149 Å². The maximum atomic E-state index is 12.1. The van der Waals surface area contributed by atoms with E-state index in [1.54, 1.807) is 6.07 Å². The predicted octanol–water partition coefficient (Wildman–Crippen LogP) is 1.67. The third kappa shape index (κ3) is 5.32. The quantitative estimate of drug-likeness (QED) is 0.377. The molecule has 11 nitrogen and oxygen atoms in total. The SMILES string of the molecule is COc1ccc(OC)c(NC(=O)C(=O)NNC(=O)c2cc([N+](=O)[O-])ccc2Cl)c1. The number of nitro benzene ring substituents is 1. The number of halogens is 1. The lowest BCUT2D eigenvalue weighted by atomic mass is 10.2. The summed E-state index contributed by atoms with van der Waals surface area (Å²) in [6.45, 7) is 0. The molecule has 152 valence electrons. The van der Waals surface area contributed by atoms with Gasteiger partial charge in [0, 0.05) is 18.2 Å². The molecule has 0 aliphatic rings. The summed E-state index contributed by atoms with van der Waals surface area (Å²) in [6.07, 6.45) is 0. The number of benzene rings is 2. The van der Waals surface area contributed by atoms with Gasteiger partial charge in [-0.05, 0) is 18.2 Å². The van der Waals surface area contributed by atoms with Crippen LogP contribution in [0.15, 0.2) is 36.4 Å². The van der Waals surface area contributed by atoms with Crippen molar-refractivity contribution in [2.75, 3.05) is 19.5 Å². The second-order valence-corrected chi connectivity index (χ2v) is 5.76. The standard InChI is InChI=1S/C17H15ClN4O7/c1-28-10-4-6-14(29-2)13(8-10)19-16(24)17(25)21-20-15(23)11-7-9(22(26)27)3-5-12(11)18/h3-8H,1-2H3,(H,19,24)(H,20,23)(H,21,25). The number of rotatable bonds is 5. The van der Waals surface area contributed by atoms with E-state index in [0.29, 0.717) is 5.75 Å². The molecule has 0 unspecified atom stereocenters. The highest BCUT2D eigenvalue weighted by Crippen LogP contribution is 2.28. The lowest BCUT2D eigenvalue weighted by molar-refractivity contribution is -0.384. The highest BCUT2D eigenvalue weighted by Gasteiger charge is 2.20. The van der Waals surface area contributed by atoms with Crippen molar-refractivity contribution in [3.05, 3.63) is 57.1 Å². The number of methoxy groups -OCH3 is 2. The number of hydrogen-bond acceptors (Lipinski definition) is 7. The zero-order chi connectivity index (χ0) is 21.6. The molecule has 0 heterocycles. The van der Waals surface area contributed by atoms with E-state index < -0.39 is 22.6 Å². The van der Waals surface area contributed by atoms with E-state index in [1.165, 1.54) is 26.4 Å². The second kappa shape index (κ2) is 9.37. The summed E-state index contributed by atoms with van der Waals surface area (Å²) in [5.41, 5.74) is 3.40. The van der Waals surface area contributed by atoms with Crippen LogP contribution in [0.25, 0.3) is 0 Å². The van der Waals surface area contributed by atoms with Crippen LogP contribution in [-0.2, 0) is 9.59 Å². The predicted molar refractivity (Wildman–Crippen MR) is 102 cm³/mol. The number of hydrogen-bond donors (Lipinski definition) is 3. The van der Waals surface area contributed by atoms with Crippen molar-refractivity contribution in [1.82, 2.24) is 10.9 Å². The molecule has 0 fully saturated rings. The third-order valence-corrected chi connectivity index (χ3v) is 3.89. The van der Waals surface area contributed by atoms with Crippen molar-refractivity contribution >= 4 is 40.7 Å². The largest absolute Gasteiger partial charge is 0.497 e. The molecule has 2 rings (SSSR count). The molecule has 0 radical (unpaired) electrons. The maximum Gasteiger partial charge on any atom is 0.328 e. The minimum absolute atomic E-state index is 0.0760. The van der Waals surface area contributed by atoms with E-state index in [4.69, 9.17) is 21.1 Å². The van der Waals surface area contributed by atoms with E-state index >= 15 is 0 Å². The third-order valence-electron chi connectivity index (χ3n) is 3.56. The van der Waals surface area contributed by atoms with Crippen molar-refractivity contribution in [3.63, 3.8) is 0 Å². The molecule has 3 amide bonds. The highest BCUT2D eigenvalue weighted by atomic mass is 35.5. The zero-order valence-electron chi connectivity index (χ0n) is 15.1. The Hall–Kier alpha value is -3.86. The fourth-order valence-electron chi connectivity index (χ4n) is 2.13. The Labute approximate surface area is 169 Å². The van der Waals surface area contributed by atoms with Crippen LogP contribution in [0.5, 0.6) is 11.5 Å². The maximum absolute atomic E-state index is 12.1. The number of ether oxygens (including phenoxy) is 2. The molecule has 0 bridgehead atoms. The molecule has 2 aromatic carbocycles. The summed E-state index contributed by atoms with van der Waals surface area (Å²) in [7, 11) is 2.80. The van der Waals surface area contributed by atoms with Crippen LogP contribution in [0.3, 0.4) is 0 Å². The van der Waals surface area contributed by atoms with Gasteiger partial charge in [-0.1, -0.05) is 11.6 Å². The van der Waals surface area contributed by atoms with E-state index in [0.717, 1.165) is 18.2 Å². The first-order valence-electron chi connectivity index (χ1n) is 7.84. The van der Waals surface area contributed by atoms with Gasteiger partial charge in [0.1, 0.15) is 11.5 Å². The summed E-state index contributed by atoms with van der Waals surface area (Å²) in [4.78, 5) is 46.2. The van der Waals surface area contributed by atoms with Crippen LogP contribution < -0.4 is 25.6 Å². The van der Waals surface area contributed by atoms with Crippen molar-refractivity contribution in [1.29, 1.82) is 0 Å². The van der Waals surface area contributed by atoms with Crippen LogP contribution in [0.4, 0.5) is 11.4 Å². The molecular formula is C17H15ClN4O7. The summed E-state index contributed by atoms with van der Waals surface area (Å²) in [5, 5.41) is 13.0. The molecule has 0 spiro atoms. The van der Waals surface area contributed by atoms with Crippen LogP contribution in [-0.4, -0.2) is 36.9 Å². The number of amides is 3. The van der Waals surface area contributed by atoms with Crippen molar-refractivity contribution < 1.29 is 28.8 Å². The Balaban J connectivity index is 2.04. The van der Waals surface area contributed by atoms with Crippen LogP contribution in [0, 0.1) is 10.1 Å². The van der Waals surface area contributed by atoms with Crippen molar-refractivity contribution in [3.8, 4) is 11.5 Å². The molecule has 0 aromatic heterocycles. The number of anilines is 1. The number of nitro groups is 1. The minimum atomic E-state index is -1.20. The van der Waals surface area contributed by atoms with E-state index in [2.05, 4.69) is 5.32 Å². The lowest BCUT2D eigenvalue weighted by Gasteiger charge is -2.12. The van der Waals surface area contributed by atoms with Crippen LogP contribution >= 0.6 is 11.6 Å². The number of hydrazine groups is 1.